The quantitative estimate of drug-likeness (QED) is 0.858. The number of hydrogen-bond acceptors (Lipinski definition) is 3. The van der Waals surface area contributed by atoms with E-state index in [0.29, 0.717) is 13.0 Å². The van der Waals surface area contributed by atoms with Crippen LogP contribution in [-0.4, -0.2) is 36.5 Å². The van der Waals surface area contributed by atoms with Crippen LogP contribution in [0.3, 0.4) is 0 Å². The summed E-state index contributed by atoms with van der Waals surface area (Å²) in [5.74, 6) is 0. The minimum atomic E-state index is -3.55. The van der Waals surface area contributed by atoms with Gasteiger partial charge < -0.3 is 5.11 Å². The van der Waals surface area contributed by atoms with Crippen LogP contribution in [0, 0.1) is 6.92 Å². The third-order valence-corrected chi connectivity index (χ3v) is 6.11. The summed E-state index contributed by atoms with van der Waals surface area (Å²) in [6.07, 6.45) is 0.523. The fourth-order valence-corrected chi connectivity index (χ4v) is 4.49. The number of aliphatic hydroxyl groups excluding tert-OH is 1. The monoisotopic (exact) mass is 317 g/mol. The van der Waals surface area contributed by atoms with Crippen molar-refractivity contribution in [2.75, 3.05) is 13.2 Å². The van der Waals surface area contributed by atoms with Gasteiger partial charge in [0.25, 0.3) is 0 Å². The maximum absolute atomic E-state index is 12.7. The molecule has 0 saturated carbocycles. The van der Waals surface area contributed by atoms with Gasteiger partial charge in [-0.2, -0.15) is 4.31 Å². The molecule has 1 fully saturated rings. The van der Waals surface area contributed by atoms with Crippen LogP contribution in [-0.2, 0) is 16.4 Å². The number of hydrogen-bond donors (Lipinski definition) is 1. The van der Waals surface area contributed by atoms with Gasteiger partial charge in [-0.15, -0.1) is 0 Å². The predicted octanol–water partition coefficient (Wildman–Crippen LogP) is 1.97. The molecule has 4 nitrogen and oxygen atoms in total. The predicted molar refractivity (Wildman–Crippen MR) is 85.0 cm³/mol. The second-order valence-corrected chi connectivity index (χ2v) is 7.73. The standard InChI is InChI=1S/C17H19NO3S/c1-14-7-9-16(10-8-14)22(20,21)18-12-17(18,13-19)11-15-5-3-2-4-6-15/h2-10,19H,11-13H2,1H3/t17-,18?/m1/s1. The van der Waals surface area contributed by atoms with Crippen LogP contribution in [0.5, 0.6) is 0 Å². The number of sulfonamides is 1. The van der Waals surface area contributed by atoms with Gasteiger partial charge in [-0.3, -0.25) is 0 Å². The molecule has 1 heterocycles. The molecule has 0 radical (unpaired) electrons. The van der Waals surface area contributed by atoms with Gasteiger partial charge in [0, 0.05) is 6.54 Å². The maximum atomic E-state index is 12.7. The Bertz CT molecular complexity index is 756. The van der Waals surface area contributed by atoms with Crippen LogP contribution in [0.4, 0.5) is 0 Å². The minimum absolute atomic E-state index is 0.174. The highest BCUT2D eigenvalue weighted by atomic mass is 32.2. The molecule has 22 heavy (non-hydrogen) atoms. The van der Waals surface area contributed by atoms with E-state index in [2.05, 4.69) is 0 Å². The van der Waals surface area contributed by atoms with Crippen molar-refractivity contribution in [1.29, 1.82) is 0 Å². The number of rotatable bonds is 5. The van der Waals surface area contributed by atoms with Crippen molar-refractivity contribution in [2.24, 2.45) is 0 Å². The molecule has 5 heteroatoms. The van der Waals surface area contributed by atoms with E-state index in [4.69, 9.17) is 0 Å². The molecule has 0 bridgehead atoms. The third-order valence-electron chi connectivity index (χ3n) is 4.14. The fraction of sp³-hybridized carbons (Fsp3) is 0.294. The molecule has 1 aliphatic heterocycles. The highest BCUT2D eigenvalue weighted by Crippen LogP contribution is 2.40. The molecule has 116 valence electrons. The first kappa shape index (κ1) is 15.2. The van der Waals surface area contributed by atoms with E-state index in [9.17, 15) is 13.5 Å². The van der Waals surface area contributed by atoms with Gasteiger partial charge in [-0.05, 0) is 31.0 Å². The molecule has 2 aromatic rings. The minimum Gasteiger partial charge on any atom is -0.394 e. The van der Waals surface area contributed by atoms with E-state index >= 15 is 0 Å². The van der Waals surface area contributed by atoms with Crippen LogP contribution in [0.2, 0.25) is 0 Å². The van der Waals surface area contributed by atoms with Crippen molar-refractivity contribution in [2.45, 2.75) is 23.8 Å². The van der Waals surface area contributed by atoms with Gasteiger partial charge >= 0.3 is 0 Å². The van der Waals surface area contributed by atoms with Crippen molar-refractivity contribution >= 4 is 10.0 Å². The van der Waals surface area contributed by atoms with Crippen LogP contribution >= 0.6 is 0 Å². The summed E-state index contributed by atoms with van der Waals surface area (Å²) in [5, 5.41) is 9.74. The highest BCUT2D eigenvalue weighted by Gasteiger charge is 2.58. The van der Waals surface area contributed by atoms with Crippen molar-refractivity contribution in [3.8, 4) is 0 Å². The van der Waals surface area contributed by atoms with Crippen molar-refractivity contribution < 1.29 is 13.5 Å². The second-order valence-electron chi connectivity index (χ2n) is 5.87. The topological polar surface area (TPSA) is 57.4 Å². The fourth-order valence-electron chi connectivity index (χ4n) is 2.71. The van der Waals surface area contributed by atoms with Gasteiger partial charge in [-0.25, -0.2) is 8.42 Å². The molecule has 2 aromatic carbocycles. The molecular formula is C17H19NO3S. The molecule has 1 aliphatic rings. The molecule has 0 aliphatic carbocycles. The summed E-state index contributed by atoms with van der Waals surface area (Å²) < 4.78 is 26.8. The Morgan fingerprint density at radius 1 is 1.09 bits per heavy atom. The van der Waals surface area contributed by atoms with Crippen LogP contribution in [0.25, 0.3) is 0 Å². The van der Waals surface area contributed by atoms with Gasteiger partial charge in [0.2, 0.25) is 10.0 Å². The van der Waals surface area contributed by atoms with Crippen molar-refractivity contribution in [3.05, 3.63) is 65.7 Å². The van der Waals surface area contributed by atoms with E-state index in [1.807, 2.05) is 37.3 Å². The normalized spacial score (nSPS) is 24.2. The van der Waals surface area contributed by atoms with E-state index < -0.39 is 15.6 Å². The average molecular weight is 317 g/mol. The summed E-state index contributed by atoms with van der Waals surface area (Å²) in [6, 6.07) is 16.5. The molecule has 0 amide bonds. The largest absolute Gasteiger partial charge is 0.394 e. The zero-order valence-electron chi connectivity index (χ0n) is 12.4. The molecule has 0 spiro atoms. The highest BCUT2D eigenvalue weighted by molar-refractivity contribution is 7.89. The van der Waals surface area contributed by atoms with Crippen LogP contribution < -0.4 is 0 Å². The third kappa shape index (κ3) is 2.67. The first-order chi connectivity index (χ1) is 10.5. The Balaban J connectivity index is 1.85. The summed E-state index contributed by atoms with van der Waals surface area (Å²) in [7, 11) is -3.55. The van der Waals surface area contributed by atoms with Gasteiger partial charge in [0.1, 0.15) is 0 Å². The van der Waals surface area contributed by atoms with Crippen LogP contribution in [0.1, 0.15) is 11.1 Å². The lowest BCUT2D eigenvalue weighted by molar-refractivity contribution is 0.234. The number of aliphatic hydroxyl groups is 1. The number of nitrogens with zero attached hydrogens (tertiary/aromatic N) is 1. The Hall–Kier alpha value is -1.69. The van der Waals surface area contributed by atoms with Gasteiger partial charge in [0.15, 0.2) is 0 Å². The zero-order valence-corrected chi connectivity index (χ0v) is 13.3. The van der Waals surface area contributed by atoms with E-state index in [1.54, 1.807) is 24.3 Å². The average Bonchev–Trinajstić information content (AvgIpc) is 3.24. The second kappa shape index (κ2) is 5.50. The molecule has 2 atom stereocenters. The zero-order chi connectivity index (χ0) is 15.8. The molecule has 0 aromatic heterocycles. The van der Waals surface area contributed by atoms with Crippen molar-refractivity contribution in [1.82, 2.24) is 4.31 Å². The summed E-state index contributed by atoms with van der Waals surface area (Å²) in [4.78, 5) is 0.279. The number of benzene rings is 2. The first-order valence-corrected chi connectivity index (χ1v) is 8.66. The van der Waals surface area contributed by atoms with E-state index in [-0.39, 0.29) is 11.5 Å². The Kier molecular flexibility index (Phi) is 3.80. The lowest BCUT2D eigenvalue weighted by Crippen LogP contribution is -2.29. The Morgan fingerprint density at radius 2 is 1.73 bits per heavy atom. The van der Waals surface area contributed by atoms with E-state index in [0.717, 1.165) is 11.1 Å². The lowest BCUT2D eigenvalue weighted by Gasteiger charge is -2.15. The Labute approximate surface area is 131 Å². The van der Waals surface area contributed by atoms with Crippen LogP contribution in [0.15, 0.2) is 59.5 Å². The maximum Gasteiger partial charge on any atom is 0.243 e. The first-order valence-electron chi connectivity index (χ1n) is 7.22. The van der Waals surface area contributed by atoms with Gasteiger partial charge in [0.05, 0.1) is 17.0 Å². The molecule has 1 unspecified atom stereocenters. The molecule has 3 rings (SSSR count). The number of aryl methyl sites for hydroxylation is 1. The molecule has 1 N–H and O–H groups in total. The van der Waals surface area contributed by atoms with E-state index in [1.165, 1.54) is 4.31 Å². The SMILES string of the molecule is Cc1ccc(S(=O)(=O)N2C[C@@]2(CO)Cc2ccccc2)cc1. The smallest absolute Gasteiger partial charge is 0.243 e. The van der Waals surface area contributed by atoms with Gasteiger partial charge in [-0.1, -0.05) is 48.0 Å². The molecule has 1 saturated heterocycles. The summed E-state index contributed by atoms with van der Waals surface area (Å²) in [5.41, 5.74) is 1.34. The Morgan fingerprint density at radius 3 is 2.32 bits per heavy atom. The summed E-state index contributed by atoms with van der Waals surface area (Å²) >= 11 is 0. The molecular weight excluding hydrogens is 298 g/mol. The lowest BCUT2D eigenvalue weighted by atomic mass is 10.0. The van der Waals surface area contributed by atoms with Crippen molar-refractivity contribution in [3.63, 3.8) is 0 Å². The summed E-state index contributed by atoms with van der Waals surface area (Å²) in [6.45, 7) is 2.10.